The molecule has 1 heterocycles. The molecule has 1 nitrogen and oxygen atoms in total. The molecular formula is C10H13NS3. The molecule has 0 aromatic carbocycles. The number of rotatable bonds is 6. The molecule has 14 heavy (non-hydrogen) atoms. The Labute approximate surface area is 99.1 Å². The summed E-state index contributed by atoms with van der Waals surface area (Å²) in [5, 5.41) is 2.28. The maximum atomic E-state index is 5.01. The van der Waals surface area contributed by atoms with Gasteiger partial charge in [0.05, 0.1) is 0 Å². The Morgan fingerprint density at radius 2 is 2.21 bits per heavy atom. The second-order valence-corrected chi connectivity index (χ2v) is 5.54. The highest BCUT2D eigenvalue weighted by molar-refractivity contribution is 8.04. The van der Waals surface area contributed by atoms with Crippen molar-refractivity contribution in [2.45, 2.75) is 17.1 Å². The predicted molar refractivity (Wildman–Crippen MR) is 70.5 cm³/mol. The number of aromatic nitrogens is 1. The first kappa shape index (κ1) is 12.0. The molecule has 1 aromatic heterocycles. The number of nitrogens with zero attached hydrogens (tertiary/aromatic N) is 1. The molecular weight excluding hydrogens is 230 g/mol. The van der Waals surface area contributed by atoms with Gasteiger partial charge in [-0.15, -0.1) is 11.8 Å². The first-order valence-electron chi connectivity index (χ1n) is 4.46. The highest BCUT2D eigenvalue weighted by Crippen LogP contribution is 2.24. The van der Waals surface area contributed by atoms with Gasteiger partial charge in [-0.25, -0.2) is 0 Å². The monoisotopic (exact) mass is 243 g/mol. The summed E-state index contributed by atoms with van der Waals surface area (Å²) < 4.78 is 0. The quantitative estimate of drug-likeness (QED) is 0.561. The minimum absolute atomic E-state index is 0.428. The van der Waals surface area contributed by atoms with Crippen LogP contribution < -0.4 is 0 Å². The topological polar surface area (TPSA) is 12.9 Å². The molecule has 0 fully saturated rings. The third kappa shape index (κ3) is 4.44. The van der Waals surface area contributed by atoms with E-state index in [1.165, 1.54) is 4.90 Å². The summed E-state index contributed by atoms with van der Waals surface area (Å²) in [5.74, 6) is 2.24. The molecule has 0 saturated heterocycles. The van der Waals surface area contributed by atoms with E-state index < -0.39 is 0 Å². The smallest absolute Gasteiger partial charge is 0.0468 e. The van der Waals surface area contributed by atoms with E-state index >= 15 is 0 Å². The van der Waals surface area contributed by atoms with Gasteiger partial charge in [-0.1, -0.05) is 19.1 Å². The van der Waals surface area contributed by atoms with Crippen molar-refractivity contribution in [3.05, 3.63) is 24.5 Å². The van der Waals surface area contributed by atoms with Crippen LogP contribution in [0.4, 0.5) is 0 Å². The predicted octanol–water partition coefficient (Wildman–Crippen LogP) is 3.30. The van der Waals surface area contributed by atoms with E-state index in [1.807, 2.05) is 53.4 Å². The summed E-state index contributed by atoms with van der Waals surface area (Å²) in [6, 6.07) is 4.04. The molecule has 0 aliphatic carbocycles. The summed E-state index contributed by atoms with van der Waals surface area (Å²) in [5.41, 5.74) is 0. The van der Waals surface area contributed by atoms with E-state index in [9.17, 15) is 0 Å². The van der Waals surface area contributed by atoms with E-state index in [0.717, 1.165) is 11.5 Å². The molecule has 0 bridgehead atoms. The van der Waals surface area contributed by atoms with Gasteiger partial charge in [0.2, 0.25) is 0 Å². The Balaban J connectivity index is 2.44. The second-order valence-electron chi connectivity index (χ2n) is 2.63. The van der Waals surface area contributed by atoms with Crippen LogP contribution in [0, 0.1) is 0 Å². The number of thioether (sulfide) groups is 2. The molecule has 1 rings (SSSR count). The molecule has 1 atom stereocenters. The third-order valence-corrected chi connectivity index (χ3v) is 4.44. The SMILES string of the molecule is CCSCC(C=S)Sc1ccncc1. The molecule has 0 saturated carbocycles. The van der Waals surface area contributed by atoms with Gasteiger partial charge >= 0.3 is 0 Å². The van der Waals surface area contributed by atoms with Gasteiger partial charge in [-0.05, 0) is 23.3 Å². The Kier molecular flexibility index (Phi) is 6.23. The zero-order chi connectivity index (χ0) is 10.2. The molecule has 1 aromatic rings. The lowest BCUT2D eigenvalue weighted by molar-refractivity contribution is 1.25. The first-order valence-corrected chi connectivity index (χ1v) is 6.97. The van der Waals surface area contributed by atoms with Crippen molar-refractivity contribution < 1.29 is 0 Å². The highest BCUT2D eigenvalue weighted by atomic mass is 32.2. The minimum atomic E-state index is 0.428. The Hall–Kier alpha value is -0.0600. The molecule has 0 aliphatic rings. The lowest BCUT2D eigenvalue weighted by atomic mass is 10.5. The van der Waals surface area contributed by atoms with Crippen molar-refractivity contribution >= 4 is 41.1 Å². The van der Waals surface area contributed by atoms with Crippen LogP contribution in [0.25, 0.3) is 0 Å². The Bertz CT molecular complexity index is 263. The number of hydrogen-bond donors (Lipinski definition) is 0. The maximum absolute atomic E-state index is 5.01. The largest absolute Gasteiger partial charge is 0.265 e. The molecule has 4 heteroatoms. The summed E-state index contributed by atoms with van der Waals surface area (Å²) in [6.45, 7) is 2.17. The maximum Gasteiger partial charge on any atom is 0.0468 e. The fraction of sp³-hybridized carbons (Fsp3) is 0.400. The van der Waals surface area contributed by atoms with E-state index in [2.05, 4.69) is 11.9 Å². The number of hydrogen-bond acceptors (Lipinski definition) is 4. The van der Waals surface area contributed by atoms with Crippen molar-refractivity contribution in [2.75, 3.05) is 11.5 Å². The van der Waals surface area contributed by atoms with Gasteiger partial charge in [0, 0.05) is 28.3 Å². The van der Waals surface area contributed by atoms with Gasteiger partial charge in [0.1, 0.15) is 0 Å². The summed E-state index contributed by atoms with van der Waals surface area (Å²) in [6.07, 6.45) is 3.63. The zero-order valence-electron chi connectivity index (χ0n) is 8.05. The lowest BCUT2D eigenvalue weighted by Gasteiger charge is -2.09. The van der Waals surface area contributed by atoms with Crippen LogP contribution in [0.3, 0.4) is 0 Å². The standard InChI is InChI=1S/C10H13NS3/c1-2-13-8-10(7-12)14-9-3-5-11-6-4-9/h3-7,10H,2,8H2,1H3. The van der Waals surface area contributed by atoms with Crippen LogP contribution in [0.5, 0.6) is 0 Å². The average molecular weight is 243 g/mol. The fourth-order valence-electron chi connectivity index (χ4n) is 0.927. The van der Waals surface area contributed by atoms with E-state index in [-0.39, 0.29) is 0 Å². The van der Waals surface area contributed by atoms with Gasteiger partial charge in [0.25, 0.3) is 0 Å². The van der Waals surface area contributed by atoms with E-state index in [4.69, 9.17) is 12.2 Å². The second kappa shape index (κ2) is 7.26. The Morgan fingerprint density at radius 3 is 2.79 bits per heavy atom. The lowest BCUT2D eigenvalue weighted by Crippen LogP contribution is -2.06. The molecule has 0 amide bonds. The Morgan fingerprint density at radius 1 is 1.50 bits per heavy atom. The summed E-state index contributed by atoms with van der Waals surface area (Å²) in [4.78, 5) is 5.22. The molecule has 1 unspecified atom stereocenters. The molecule has 0 aliphatic heterocycles. The zero-order valence-corrected chi connectivity index (χ0v) is 10.5. The van der Waals surface area contributed by atoms with Crippen LogP contribution in [0.1, 0.15) is 6.92 Å². The number of pyridine rings is 1. The van der Waals surface area contributed by atoms with Gasteiger partial charge < -0.3 is 0 Å². The fourth-order valence-corrected chi connectivity index (χ4v) is 3.12. The van der Waals surface area contributed by atoms with Crippen molar-refractivity contribution in [2.24, 2.45) is 0 Å². The van der Waals surface area contributed by atoms with E-state index in [1.54, 1.807) is 0 Å². The molecule has 0 spiro atoms. The van der Waals surface area contributed by atoms with Gasteiger partial charge in [0.15, 0.2) is 0 Å². The van der Waals surface area contributed by atoms with Crippen molar-refractivity contribution in [3.8, 4) is 0 Å². The van der Waals surface area contributed by atoms with Crippen molar-refractivity contribution in [3.63, 3.8) is 0 Å². The molecule has 0 radical (unpaired) electrons. The van der Waals surface area contributed by atoms with Crippen LogP contribution in [-0.2, 0) is 0 Å². The molecule has 76 valence electrons. The van der Waals surface area contributed by atoms with Crippen molar-refractivity contribution in [1.29, 1.82) is 0 Å². The first-order chi connectivity index (χ1) is 6.86. The summed E-state index contributed by atoms with van der Waals surface area (Å²) >= 11 is 8.74. The summed E-state index contributed by atoms with van der Waals surface area (Å²) in [7, 11) is 0. The van der Waals surface area contributed by atoms with Crippen LogP contribution >= 0.6 is 35.7 Å². The third-order valence-electron chi connectivity index (χ3n) is 1.58. The van der Waals surface area contributed by atoms with Gasteiger partial charge in [-0.2, -0.15) is 11.8 Å². The van der Waals surface area contributed by atoms with Crippen LogP contribution in [0.2, 0.25) is 0 Å². The highest BCUT2D eigenvalue weighted by Gasteiger charge is 2.06. The number of thiocarbonyl (C=S) groups is 1. The van der Waals surface area contributed by atoms with E-state index in [0.29, 0.717) is 5.25 Å². The average Bonchev–Trinajstić information content (AvgIpc) is 2.25. The molecule has 0 N–H and O–H groups in total. The van der Waals surface area contributed by atoms with Gasteiger partial charge in [-0.3, -0.25) is 4.98 Å². The minimum Gasteiger partial charge on any atom is -0.265 e. The van der Waals surface area contributed by atoms with Crippen LogP contribution in [0.15, 0.2) is 29.4 Å². The normalized spacial score (nSPS) is 12.4. The van der Waals surface area contributed by atoms with Crippen LogP contribution in [-0.4, -0.2) is 27.1 Å². The van der Waals surface area contributed by atoms with Crippen molar-refractivity contribution in [1.82, 2.24) is 4.98 Å².